The summed E-state index contributed by atoms with van der Waals surface area (Å²) in [6.45, 7) is 5.40. The molecule has 0 radical (unpaired) electrons. The van der Waals surface area contributed by atoms with Gasteiger partial charge in [0.1, 0.15) is 6.07 Å². The highest BCUT2D eigenvalue weighted by Gasteiger charge is 2.26. The van der Waals surface area contributed by atoms with Crippen LogP contribution in [0.15, 0.2) is 29.2 Å². The minimum Gasteiger partial charge on any atom is -0.389 e. The van der Waals surface area contributed by atoms with Gasteiger partial charge in [-0.25, -0.2) is 13.1 Å². The Labute approximate surface area is 120 Å². The molecular formula is C14H20N2O3S. The third-order valence-electron chi connectivity index (χ3n) is 2.79. The van der Waals surface area contributed by atoms with Crippen LogP contribution < -0.4 is 4.72 Å². The van der Waals surface area contributed by atoms with Gasteiger partial charge in [0.25, 0.3) is 0 Å². The molecule has 2 N–H and O–H groups in total. The first-order valence-corrected chi connectivity index (χ1v) is 7.87. The normalized spacial score (nSPS) is 14.8. The summed E-state index contributed by atoms with van der Waals surface area (Å²) in [4.78, 5) is -0.0668. The van der Waals surface area contributed by atoms with E-state index in [2.05, 4.69) is 4.72 Å². The van der Waals surface area contributed by atoms with E-state index >= 15 is 0 Å². The van der Waals surface area contributed by atoms with Gasteiger partial charge in [-0.1, -0.05) is 26.0 Å². The van der Waals surface area contributed by atoms with Gasteiger partial charge in [0, 0.05) is 6.54 Å². The number of nitriles is 1. The second-order valence-corrected chi connectivity index (χ2v) is 7.26. The molecule has 0 saturated heterocycles. The van der Waals surface area contributed by atoms with Gasteiger partial charge in [0.15, 0.2) is 0 Å². The fourth-order valence-electron chi connectivity index (χ4n) is 2.07. The summed E-state index contributed by atoms with van der Waals surface area (Å²) in [7, 11) is -3.80. The van der Waals surface area contributed by atoms with Gasteiger partial charge in [-0.05, 0) is 31.4 Å². The highest BCUT2D eigenvalue weighted by Crippen LogP contribution is 2.18. The van der Waals surface area contributed by atoms with Crippen LogP contribution in [0.25, 0.3) is 0 Å². The monoisotopic (exact) mass is 296 g/mol. The summed E-state index contributed by atoms with van der Waals surface area (Å²) < 4.78 is 26.7. The Morgan fingerprint density at radius 1 is 1.40 bits per heavy atom. The molecule has 6 heteroatoms. The number of benzene rings is 1. The van der Waals surface area contributed by atoms with Crippen molar-refractivity contribution < 1.29 is 13.5 Å². The molecule has 0 aromatic heterocycles. The van der Waals surface area contributed by atoms with E-state index in [-0.39, 0.29) is 22.9 Å². The van der Waals surface area contributed by atoms with Crippen LogP contribution >= 0.6 is 0 Å². The maximum atomic E-state index is 12.2. The molecule has 0 spiro atoms. The Hall–Kier alpha value is -1.42. The van der Waals surface area contributed by atoms with Crippen LogP contribution in [-0.2, 0) is 10.0 Å². The van der Waals surface area contributed by atoms with Gasteiger partial charge >= 0.3 is 0 Å². The Morgan fingerprint density at radius 2 is 2.00 bits per heavy atom. The number of nitrogens with one attached hydrogen (secondary N) is 1. The number of sulfonamides is 1. The van der Waals surface area contributed by atoms with Crippen LogP contribution in [0.4, 0.5) is 0 Å². The lowest BCUT2D eigenvalue weighted by Gasteiger charge is -2.25. The number of nitrogens with zero attached hydrogens (tertiary/aromatic N) is 1. The number of aliphatic hydroxyl groups is 1. The lowest BCUT2D eigenvalue weighted by Crippen LogP contribution is -2.41. The maximum Gasteiger partial charge on any atom is 0.241 e. The van der Waals surface area contributed by atoms with Crippen molar-refractivity contribution in [3.05, 3.63) is 29.8 Å². The molecule has 20 heavy (non-hydrogen) atoms. The quantitative estimate of drug-likeness (QED) is 0.835. The zero-order valence-corrected chi connectivity index (χ0v) is 12.7. The van der Waals surface area contributed by atoms with Gasteiger partial charge < -0.3 is 5.11 Å². The summed E-state index contributed by atoms with van der Waals surface area (Å²) in [6.07, 6.45) is 0.482. The topological polar surface area (TPSA) is 90.2 Å². The van der Waals surface area contributed by atoms with Crippen LogP contribution in [0.3, 0.4) is 0 Å². The Balaban J connectivity index is 2.89. The third-order valence-corrected chi connectivity index (χ3v) is 4.25. The fraction of sp³-hybridized carbons (Fsp3) is 0.500. The highest BCUT2D eigenvalue weighted by atomic mass is 32.2. The lowest BCUT2D eigenvalue weighted by molar-refractivity contribution is 0.0437. The minimum atomic E-state index is -3.80. The van der Waals surface area contributed by atoms with E-state index in [0.717, 1.165) is 0 Å². The predicted molar refractivity (Wildman–Crippen MR) is 76.4 cm³/mol. The molecule has 5 nitrogen and oxygen atoms in total. The zero-order valence-electron chi connectivity index (χ0n) is 11.9. The van der Waals surface area contributed by atoms with Crippen molar-refractivity contribution in [2.45, 2.75) is 37.7 Å². The van der Waals surface area contributed by atoms with Crippen molar-refractivity contribution in [3.8, 4) is 6.07 Å². The average Bonchev–Trinajstić information content (AvgIpc) is 2.35. The smallest absolute Gasteiger partial charge is 0.241 e. The van der Waals surface area contributed by atoms with Gasteiger partial charge in [-0.3, -0.25) is 0 Å². The molecular weight excluding hydrogens is 276 g/mol. The summed E-state index contributed by atoms with van der Waals surface area (Å²) in [6, 6.07) is 7.83. The molecule has 1 atom stereocenters. The van der Waals surface area contributed by atoms with Crippen LogP contribution in [0.5, 0.6) is 0 Å². The number of rotatable bonds is 6. The molecule has 0 heterocycles. The second-order valence-electron chi connectivity index (χ2n) is 5.53. The molecule has 1 aromatic rings. The molecule has 0 saturated carbocycles. The Kier molecular flexibility index (Phi) is 5.28. The van der Waals surface area contributed by atoms with E-state index in [4.69, 9.17) is 5.26 Å². The molecule has 0 aliphatic heterocycles. The molecule has 110 valence electrons. The van der Waals surface area contributed by atoms with E-state index in [0.29, 0.717) is 6.42 Å². The summed E-state index contributed by atoms with van der Waals surface area (Å²) in [5, 5.41) is 19.1. The number of hydrogen-bond acceptors (Lipinski definition) is 4. The van der Waals surface area contributed by atoms with Gasteiger partial charge in [-0.2, -0.15) is 5.26 Å². The number of hydrogen-bond donors (Lipinski definition) is 2. The molecule has 0 aliphatic carbocycles. The summed E-state index contributed by atoms with van der Waals surface area (Å²) in [5.74, 6) is 0.251. The van der Waals surface area contributed by atoms with Crippen molar-refractivity contribution in [1.82, 2.24) is 4.72 Å². The first-order valence-electron chi connectivity index (χ1n) is 6.39. The van der Waals surface area contributed by atoms with E-state index in [1.54, 1.807) is 19.1 Å². The second kappa shape index (κ2) is 6.35. The molecule has 0 amide bonds. The van der Waals surface area contributed by atoms with E-state index in [1.165, 1.54) is 12.1 Å². The van der Waals surface area contributed by atoms with Crippen molar-refractivity contribution >= 4 is 10.0 Å². The Morgan fingerprint density at radius 3 is 2.55 bits per heavy atom. The van der Waals surface area contributed by atoms with Gasteiger partial charge in [0.05, 0.1) is 16.1 Å². The minimum absolute atomic E-state index is 0.0668. The fourth-order valence-corrected chi connectivity index (χ4v) is 3.39. The van der Waals surface area contributed by atoms with Crippen LogP contribution in [0, 0.1) is 17.2 Å². The predicted octanol–water partition coefficient (Wildman–Crippen LogP) is 1.63. The average molecular weight is 296 g/mol. The van der Waals surface area contributed by atoms with Crippen LogP contribution in [0.1, 0.15) is 32.8 Å². The van der Waals surface area contributed by atoms with Crippen LogP contribution in [0.2, 0.25) is 0 Å². The summed E-state index contributed by atoms with van der Waals surface area (Å²) in [5.41, 5.74) is -1.04. The maximum absolute atomic E-state index is 12.2. The van der Waals surface area contributed by atoms with Crippen LogP contribution in [-0.4, -0.2) is 25.7 Å². The van der Waals surface area contributed by atoms with E-state index in [1.807, 2.05) is 19.9 Å². The molecule has 0 bridgehead atoms. The van der Waals surface area contributed by atoms with E-state index < -0.39 is 15.6 Å². The van der Waals surface area contributed by atoms with Gasteiger partial charge in [-0.15, -0.1) is 0 Å². The lowest BCUT2D eigenvalue weighted by atomic mass is 9.95. The summed E-state index contributed by atoms with van der Waals surface area (Å²) >= 11 is 0. The molecule has 0 fully saturated rings. The first-order chi connectivity index (χ1) is 9.18. The van der Waals surface area contributed by atoms with Gasteiger partial charge in [0.2, 0.25) is 10.0 Å². The standard InChI is InChI=1S/C14H20N2O3S/c1-11(2)8-14(3,17)10-16-20(18,19)13-7-5-4-6-12(13)9-15/h4-7,11,16-17H,8,10H2,1-3H3. The van der Waals surface area contributed by atoms with Crippen molar-refractivity contribution in [3.63, 3.8) is 0 Å². The third kappa shape index (κ3) is 4.60. The molecule has 1 unspecified atom stereocenters. The zero-order chi connectivity index (χ0) is 15.4. The molecule has 0 aliphatic rings. The van der Waals surface area contributed by atoms with Crippen molar-refractivity contribution in [2.24, 2.45) is 5.92 Å². The largest absolute Gasteiger partial charge is 0.389 e. The van der Waals surface area contributed by atoms with E-state index in [9.17, 15) is 13.5 Å². The van der Waals surface area contributed by atoms with Crippen molar-refractivity contribution in [2.75, 3.05) is 6.54 Å². The SMILES string of the molecule is CC(C)CC(C)(O)CNS(=O)(=O)c1ccccc1C#N. The van der Waals surface area contributed by atoms with Crippen molar-refractivity contribution in [1.29, 1.82) is 5.26 Å². The molecule has 1 rings (SSSR count). The Bertz CT molecular complexity index is 601. The highest BCUT2D eigenvalue weighted by molar-refractivity contribution is 7.89. The molecule has 1 aromatic carbocycles. The first kappa shape index (κ1) is 16.6.